The Balaban J connectivity index is 1.52. The van der Waals surface area contributed by atoms with Gasteiger partial charge in [-0.05, 0) is 66.9 Å². The first kappa shape index (κ1) is 24.5. The van der Waals surface area contributed by atoms with Gasteiger partial charge in [-0.3, -0.25) is 4.79 Å². The number of ether oxygens (including phenoxy) is 1. The first-order valence-electron chi connectivity index (χ1n) is 12.0. The number of rotatable bonds is 9. The number of carbonyl (C=O) groups is 2. The Morgan fingerprint density at radius 1 is 1.14 bits per heavy atom. The molecule has 4 aromatic rings. The number of Topliss-reactive ketones (excluding diaryl/α,β-unsaturated/α-hetero) is 1. The molecular weight excluding hydrogens is 474 g/mol. The van der Waals surface area contributed by atoms with E-state index in [0.717, 1.165) is 11.3 Å². The molecule has 4 N–H and O–H groups in total. The zero-order valence-corrected chi connectivity index (χ0v) is 20.1. The summed E-state index contributed by atoms with van der Waals surface area (Å²) >= 11 is 0. The highest BCUT2D eigenvalue weighted by molar-refractivity contribution is 5.93. The van der Waals surface area contributed by atoms with E-state index in [4.69, 9.17) is 9.15 Å². The maximum absolute atomic E-state index is 14.3. The number of fused-ring (bicyclic) bond motifs is 1. The molecule has 1 fully saturated rings. The highest BCUT2D eigenvalue weighted by atomic mass is 16.5. The van der Waals surface area contributed by atoms with Crippen molar-refractivity contribution in [2.24, 2.45) is 0 Å². The Hall–Kier alpha value is -4.21. The first-order valence-corrected chi connectivity index (χ1v) is 12.0. The van der Waals surface area contributed by atoms with Crippen LogP contribution in [0.5, 0.6) is 5.75 Å². The number of carbonyl (C=O) groups excluding carboxylic acids is 1. The normalized spacial score (nSPS) is 18.9. The first-order chi connectivity index (χ1) is 17.9. The van der Waals surface area contributed by atoms with E-state index in [1.807, 2.05) is 37.3 Å². The minimum absolute atomic E-state index is 0.115. The van der Waals surface area contributed by atoms with Gasteiger partial charge in [0.05, 0.1) is 17.7 Å². The number of aliphatic hydroxyl groups is 1. The number of ketones is 1. The maximum Gasteiger partial charge on any atom is 0.335 e. The van der Waals surface area contributed by atoms with Crippen molar-refractivity contribution >= 4 is 28.5 Å². The molecule has 2 unspecified atom stereocenters. The van der Waals surface area contributed by atoms with Crippen molar-refractivity contribution in [2.45, 2.75) is 37.6 Å². The number of carboxylic acids is 1. The Bertz CT molecular complexity index is 1420. The van der Waals surface area contributed by atoms with Gasteiger partial charge in [-0.2, -0.15) is 0 Å². The zero-order valence-electron chi connectivity index (χ0n) is 20.1. The molecule has 3 aromatic carbocycles. The van der Waals surface area contributed by atoms with Gasteiger partial charge in [0.1, 0.15) is 17.3 Å². The summed E-state index contributed by atoms with van der Waals surface area (Å²) in [5.74, 6) is -0.951. The van der Waals surface area contributed by atoms with Crippen LogP contribution in [0.15, 0.2) is 77.5 Å². The van der Waals surface area contributed by atoms with Crippen LogP contribution in [-0.4, -0.2) is 51.7 Å². The van der Waals surface area contributed by atoms with Crippen LogP contribution >= 0.6 is 0 Å². The number of β-amino-alcohol motifs (C(OH)–C–C–N with tert-alkyl or cyclic N) is 1. The van der Waals surface area contributed by atoms with Gasteiger partial charge in [0, 0.05) is 12.2 Å². The second-order valence-corrected chi connectivity index (χ2v) is 9.15. The van der Waals surface area contributed by atoms with Crippen LogP contribution in [0.1, 0.15) is 33.9 Å². The molecule has 0 aliphatic carbocycles. The van der Waals surface area contributed by atoms with Crippen LogP contribution in [0.2, 0.25) is 0 Å². The van der Waals surface area contributed by atoms with E-state index in [2.05, 4.69) is 15.6 Å². The number of aromatic carboxylic acids is 1. The average molecular weight is 502 g/mol. The zero-order chi connectivity index (χ0) is 25.9. The number of para-hydroxylation sites is 1. The minimum Gasteiger partial charge on any atom is -0.481 e. The number of aliphatic hydroxyl groups excluding tert-OH is 1. The highest BCUT2D eigenvalue weighted by Crippen LogP contribution is 2.30. The molecule has 0 amide bonds. The summed E-state index contributed by atoms with van der Waals surface area (Å²) in [4.78, 5) is 29.7. The highest BCUT2D eigenvalue weighted by Gasteiger charge is 2.39. The molecule has 37 heavy (non-hydrogen) atoms. The third kappa shape index (κ3) is 5.32. The number of hydrogen-bond donors (Lipinski definition) is 4. The van der Waals surface area contributed by atoms with Crippen LogP contribution < -0.4 is 15.4 Å². The molecule has 4 atom stereocenters. The number of aryl methyl sites for hydroxylation is 1. The molecule has 1 aliphatic heterocycles. The molecule has 0 saturated carbocycles. The average Bonchev–Trinajstić information content (AvgIpc) is 3.55. The second kappa shape index (κ2) is 10.4. The van der Waals surface area contributed by atoms with E-state index in [1.165, 1.54) is 30.7 Å². The quantitative estimate of drug-likeness (QED) is 0.271. The molecule has 2 heterocycles. The van der Waals surface area contributed by atoms with Crippen molar-refractivity contribution in [1.82, 2.24) is 10.3 Å². The minimum atomic E-state index is -1.05. The van der Waals surface area contributed by atoms with E-state index in [9.17, 15) is 19.8 Å². The largest absolute Gasteiger partial charge is 0.481 e. The summed E-state index contributed by atoms with van der Waals surface area (Å²) in [5.41, 5.74) is 3.78. The number of oxazole rings is 1. The lowest BCUT2D eigenvalue weighted by Crippen LogP contribution is -2.47. The Labute approximate surface area is 213 Å². The molecule has 190 valence electrons. The van der Waals surface area contributed by atoms with Gasteiger partial charge in [0.2, 0.25) is 5.78 Å². The lowest BCUT2D eigenvalue weighted by Gasteiger charge is -2.29. The Kier molecular flexibility index (Phi) is 6.89. The van der Waals surface area contributed by atoms with Gasteiger partial charge in [-0.1, -0.05) is 24.3 Å². The van der Waals surface area contributed by atoms with Crippen molar-refractivity contribution in [3.8, 4) is 5.75 Å². The van der Waals surface area contributed by atoms with Crippen LogP contribution in [0.4, 0.5) is 5.69 Å². The number of aromatic nitrogens is 1. The monoisotopic (exact) mass is 501 g/mol. The summed E-state index contributed by atoms with van der Waals surface area (Å²) in [6, 6.07) is 17.7. The molecule has 9 heteroatoms. The predicted molar refractivity (Wildman–Crippen MR) is 137 cm³/mol. The van der Waals surface area contributed by atoms with E-state index >= 15 is 0 Å². The fourth-order valence-electron chi connectivity index (χ4n) is 4.56. The SMILES string of the molecule is Cc1ccccc1NC(C(=O)C(Oc1ccc(C(=O)O)cc1)[C@@H]1C[C@H](O)CN1)c1ccc2ncoc2c1. The van der Waals surface area contributed by atoms with Crippen LogP contribution in [-0.2, 0) is 4.79 Å². The number of anilines is 1. The van der Waals surface area contributed by atoms with Crippen molar-refractivity contribution in [3.63, 3.8) is 0 Å². The van der Waals surface area contributed by atoms with Gasteiger partial charge in [0.15, 0.2) is 18.1 Å². The molecule has 5 rings (SSSR count). The van der Waals surface area contributed by atoms with Gasteiger partial charge < -0.3 is 30.0 Å². The number of carboxylic acid groups (broad SMARTS) is 1. The third-order valence-corrected chi connectivity index (χ3v) is 6.57. The molecule has 1 aromatic heterocycles. The molecule has 9 nitrogen and oxygen atoms in total. The second-order valence-electron chi connectivity index (χ2n) is 9.15. The summed E-state index contributed by atoms with van der Waals surface area (Å²) in [6.45, 7) is 2.30. The fourth-order valence-corrected chi connectivity index (χ4v) is 4.56. The van der Waals surface area contributed by atoms with Gasteiger partial charge in [0.25, 0.3) is 0 Å². The fraction of sp³-hybridized carbons (Fsp3) is 0.250. The number of nitrogens with one attached hydrogen (secondary N) is 2. The van der Waals surface area contributed by atoms with E-state index in [0.29, 0.717) is 35.4 Å². The maximum atomic E-state index is 14.3. The van der Waals surface area contributed by atoms with Crippen molar-refractivity contribution in [3.05, 3.63) is 89.8 Å². The predicted octanol–water partition coefficient (Wildman–Crippen LogP) is 3.73. The summed E-state index contributed by atoms with van der Waals surface area (Å²) < 4.78 is 11.7. The lowest BCUT2D eigenvalue weighted by atomic mass is 9.93. The summed E-state index contributed by atoms with van der Waals surface area (Å²) in [7, 11) is 0. The lowest BCUT2D eigenvalue weighted by molar-refractivity contribution is -0.127. The third-order valence-electron chi connectivity index (χ3n) is 6.57. The van der Waals surface area contributed by atoms with Crippen molar-refractivity contribution in [1.29, 1.82) is 0 Å². The number of nitrogens with zero attached hydrogens (tertiary/aromatic N) is 1. The van der Waals surface area contributed by atoms with Crippen molar-refractivity contribution < 1.29 is 29.0 Å². The Morgan fingerprint density at radius 3 is 2.62 bits per heavy atom. The smallest absolute Gasteiger partial charge is 0.335 e. The number of hydrogen-bond acceptors (Lipinski definition) is 8. The molecular formula is C28H27N3O6. The van der Waals surface area contributed by atoms with Crippen LogP contribution in [0, 0.1) is 6.92 Å². The standard InChI is InChI=1S/C28H27N3O6/c1-16-4-2-3-5-21(16)31-25(18-8-11-22-24(12-18)36-15-30-22)26(33)27(23-13-19(32)14-29-23)37-20-9-6-17(7-10-20)28(34)35/h2-12,15,19,23,25,27,29,31-32H,13-14H2,1H3,(H,34,35)/t19-,23-,25?,27?/m0/s1. The Morgan fingerprint density at radius 2 is 1.92 bits per heavy atom. The van der Waals surface area contributed by atoms with Gasteiger partial charge in [-0.15, -0.1) is 0 Å². The van der Waals surface area contributed by atoms with Crippen LogP contribution in [0.25, 0.3) is 11.1 Å². The van der Waals surface area contributed by atoms with Crippen LogP contribution in [0.3, 0.4) is 0 Å². The molecule has 1 saturated heterocycles. The molecule has 1 aliphatic rings. The molecule has 0 radical (unpaired) electrons. The van der Waals surface area contributed by atoms with Gasteiger partial charge >= 0.3 is 5.97 Å². The molecule has 0 bridgehead atoms. The molecule has 0 spiro atoms. The van der Waals surface area contributed by atoms with Crippen molar-refractivity contribution in [2.75, 3.05) is 11.9 Å². The van der Waals surface area contributed by atoms with E-state index < -0.39 is 30.3 Å². The summed E-state index contributed by atoms with van der Waals surface area (Å²) in [5, 5.41) is 26.0. The van der Waals surface area contributed by atoms with E-state index in [-0.39, 0.29) is 11.3 Å². The summed E-state index contributed by atoms with van der Waals surface area (Å²) in [6.07, 6.45) is 0.115. The number of benzene rings is 3. The van der Waals surface area contributed by atoms with Gasteiger partial charge in [-0.25, -0.2) is 9.78 Å². The topological polar surface area (TPSA) is 134 Å². The van der Waals surface area contributed by atoms with E-state index in [1.54, 1.807) is 12.1 Å².